The van der Waals surface area contributed by atoms with Gasteiger partial charge < -0.3 is 9.84 Å². The number of aliphatic hydroxyl groups is 1. The average molecular weight is 168 g/mol. The van der Waals surface area contributed by atoms with Crippen LogP contribution in [0.2, 0.25) is 0 Å². The number of methoxy groups -OCH3 is 1. The Bertz CT molecular complexity index is 261. The molecular weight excluding hydrogens is 156 g/mol. The molecule has 1 aliphatic rings. The van der Waals surface area contributed by atoms with E-state index in [1.54, 1.807) is 6.08 Å². The minimum absolute atomic E-state index is 0.0469. The third kappa shape index (κ3) is 1.49. The van der Waals surface area contributed by atoms with Crippen LogP contribution in [0.1, 0.15) is 19.8 Å². The fraction of sp³-hybridized carbons (Fsp3) is 0.444. The molecule has 1 N–H and O–H groups in total. The van der Waals surface area contributed by atoms with Crippen LogP contribution >= 0.6 is 0 Å². The van der Waals surface area contributed by atoms with Crippen LogP contribution in [0.25, 0.3) is 0 Å². The van der Waals surface area contributed by atoms with Gasteiger partial charge in [-0.15, -0.1) is 0 Å². The molecule has 0 spiro atoms. The first kappa shape index (κ1) is 8.84. The molecule has 0 unspecified atom stereocenters. The largest absolute Gasteiger partial charge is 0.507 e. The van der Waals surface area contributed by atoms with Gasteiger partial charge in [0, 0.05) is 6.42 Å². The van der Waals surface area contributed by atoms with E-state index in [-0.39, 0.29) is 11.5 Å². The molecule has 0 heterocycles. The van der Waals surface area contributed by atoms with Crippen molar-refractivity contribution in [3.05, 3.63) is 23.2 Å². The maximum Gasteiger partial charge on any atom is 0.166 e. The molecule has 12 heavy (non-hydrogen) atoms. The summed E-state index contributed by atoms with van der Waals surface area (Å²) in [5, 5.41) is 9.34. The zero-order valence-electron chi connectivity index (χ0n) is 7.26. The Balaban J connectivity index is 3.06. The maximum absolute atomic E-state index is 11.0. The van der Waals surface area contributed by atoms with E-state index >= 15 is 0 Å². The third-order valence-electron chi connectivity index (χ3n) is 1.84. The first-order valence-electron chi connectivity index (χ1n) is 3.84. The van der Waals surface area contributed by atoms with Crippen molar-refractivity contribution in [1.29, 1.82) is 0 Å². The predicted molar refractivity (Wildman–Crippen MR) is 44.7 cm³/mol. The number of ether oxygens (including phenoxy) is 1. The molecule has 0 bridgehead atoms. The third-order valence-corrected chi connectivity index (χ3v) is 1.84. The number of Topliss-reactive ketones (excluding diaryl/α,β-unsaturated/α-hetero) is 1. The van der Waals surface area contributed by atoms with Crippen LogP contribution in [-0.4, -0.2) is 18.0 Å². The molecule has 1 rings (SSSR count). The lowest BCUT2D eigenvalue weighted by Crippen LogP contribution is -2.09. The Labute approximate surface area is 71.3 Å². The van der Waals surface area contributed by atoms with Crippen molar-refractivity contribution in [2.45, 2.75) is 19.8 Å². The minimum Gasteiger partial charge on any atom is -0.507 e. The van der Waals surface area contributed by atoms with Gasteiger partial charge in [0.2, 0.25) is 0 Å². The van der Waals surface area contributed by atoms with E-state index in [0.717, 1.165) is 6.42 Å². The molecule has 0 amide bonds. The lowest BCUT2D eigenvalue weighted by molar-refractivity contribution is -0.113. The van der Waals surface area contributed by atoms with E-state index in [2.05, 4.69) is 0 Å². The Morgan fingerprint density at radius 1 is 1.67 bits per heavy atom. The van der Waals surface area contributed by atoms with Crippen LogP contribution in [0.5, 0.6) is 0 Å². The van der Waals surface area contributed by atoms with Crippen LogP contribution in [0, 0.1) is 0 Å². The van der Waals surface area contributed by atoms with Crippen molar-refractivity contribution in [3.8, 4) is 0 Å². The van der Waals surface area contributed by atoms with Gasteiger partial charge >= 0.3 is 0 Å². The second-order valence-electron chi connectivity index (χ2n) is 2.69. The number of ketones is 1. The van der Waals surface area contributed by atoms with Crippen molar-refractivity contribution in [3.63, 3.8) is 0 Å². The first-order chi connectivity index (χ1) is 5.66. The topological polar surface area (TPSA) is 46.5 Å². The highest BCUT2D eigenvalue weighted by molar-refractivity contribution is 5.97. The minimum atomic E-state index is -0.152. The highest BCUT2D eigenvalue weighted by Crippen LogP contribution is 2.24. The number of hydrogen-bond acceptors (Lipinski definition) is 3. The Morgan fingerprint density at radius 2 is 2.33 bits per heavy atom. The molecule has 0 saturated heterocycles. The summed E-state index contributed by atoms with van der Waals surface area (Å²) in [6.45, 7) is 1.42. The fourth-order valence-electron chi connectivity index (χ4n) is 1.29. The van der Waals surface area contributed by atoms with Gasteiger partial charge in [0.15, 0.2) is 5.78 Å². The number of hydrogen-bond donors (Lipinski definition) is 1. The predicted octanol–water partition coefficient (Wildman–Crippen LogP) is 1.71. The number of allylic oxidation sites excluding steroid dienone is 3. The highest BCUT2D eigenvalue weighted by Gasteiger charge is 2.19. The lowest BCUT2D eigenvalue weighted by atomic mass is 10.0. The zero-order chi connectivity index (χ0) is 9.14. The van der Waals surface area contributed by atoms with Crippen molar-refractivity contribution >= 4 is 5.78 Å². The zero-order valence-corrected chi connectivity index (χ0v) is 7.26. The summed E-state index contributed by atoms with van der Waals surface area (Å²) in [7, 11) is 1.51. The van der Waals surface area contributed by atoms with Gasteiger partial charge in [0.05, 0.1) is 12.7 Å². The highest BCUT2D eigenvalue weighted by atomic mass is 16.5. The van der Waals surface area contributed by atoms with Crippen LogP contribution in [-0.2, 0) is 9.53 Å². The summed E-state index contributed by atoms with van der Waals surface area (Å²) < 4.78 is 4.99. The maximum atomic E-state index is 11.0. The standard InChI is InChI=1S/C9H12O3/c1-6(10)9-7(11)4-3-5-8(9)12-2/h4,11H,3,5H2,1-2H3. The molecule has 3 heteroatoms. The summed E-state index contributed by atoms with van der Waals surface area (Å²) >= 11 is 0. The van der Waals surface area contributed by atoms with Gasteiger partial charge in [-0.1, -0.05) is 0 Å². The molecule has 0 fully saturated rings. The summed E-state index contributed by atoms with van der Waals surface area (Å²) in [6.07, 6.45) is 3.06. The smallest absolute Gasteiger partial charge is 0.166 e. The molecule has 3 nitrogen and oxygen atoms in total. The van der Waals surface area contributed by atoms with Crippen molar-refractivity contribution < 1.29 is 14.6 Å². The normalized spacial score (nSPS) is 17.3. The van der Waals surface area contributed by atoms with Gasteiger partial charge in [-0.25, -0.2) is 0 Å². The van der Waals surface area contributed by atoms with Gasteiger partial charge in [-0.2, -0.15) is 0 Å². The van der Waals surface area contributed by atoms with Crippen LogP contribution in [0.15, 0.2) is 23.2 Å². The van der Waals surface area contributed by atoms with E-state index in [0.29, 0.717) is 17.8 Å². The molecule has 66 valence electrons. The van der Waals surface area contributed by atoms with Crippen LogP contribution < -0.4 is 0 Å². The second-order valence-corrected chi connectivity index (χ2v) is 2.69. The molecule has 0 aromatic carbocycles. The molecule has 0 atom stereocenters. The summed E-state index contributed by atoms with van der Waals surface area (Å²) in [4.78, 5) is 11.0. The van der Waals surface area contributed by atoms with Gasteiger partial charge in [-0.05, 0) is 19.4 Å². The molecule has 0 aromatic rings. The van der Waals surface area contributed by atoms with Gasteiger partial charge in [0.1, 0.15) is 11.5 Å². The lowest BCUT2D eigenvalue weighted by Gasteiger charge is -2.14. The number of carbonyl (C=O) groups excluding carboxylic acids is 1. The van der Waals surface area contributed by atoms with Crippen molar-refractivity contribution in [1.82, 2.24) is 0 Å². The Morgan fingerprint density at radius 3 is 2.75 bits per heavy atom. The van der Waals surface area contributed by atoms with Gasteiger partial charge in [0.25, 0.3) is 0 Å². The molecular formula is C9H12O3. The van der Waals surface area contributed by atoms with Crippen LogP contribution in [0.4, 0.5) is 0 Å². The van der Waals surface area contributed by atoms with E-state index in [9.17, 15) is 9.90 Å². The average Bonchev–Trinajstić information content (AvgIpc) is 2.03. The molecule has 0 aromatic heterocycles. The van der Waals surface area contributed by atoms with Gasteiger partial charge in [-0.3, -0.25) is 4.79 Å². The van der Waals surface area contributed by atoms with E-state index in [1.807, 2.05) is 0 Å². The van der Waals surface area contributed by atoms with E-state index in [1.165, 1.54) is 14.0 Å². The fourth-order valence-corrected chi connectivity index (χ4v) is 1.29. The Kier molecular flexibility index (Phi) is 2.53. The summed E-state index contributed by atoms with van der Waals surface area (Å²) in [5.74, 6) is 0.480. The summed E-state index contributed by atoms with van der Waals surface area (Å²) in [6, 6.07) is 0. The summed E-state index contributed by atoms with van der Waals surface area (Å²) in [5.41, 5.74) is 0.323. The Hall–Kier alpha value is -1.25. The number of carbonyl (C=O) groups is 1. The van der Waals surface area contributed by atoms with E-state index < -0.39 is 0 Å². The quantitative estimate of drug-likeness (QED) is 0.682. The molecule has 1 aliphatic carbocycles. The molecule has 0 saturated carbocycles. The number of aliphatic hydroxyl groups excluding tert-OH is 1. The second kappa shape index (κ2) is 3.43. The monoisotopic (exact) mass is 168 g/mol. The van der Waals surface area contributed by atoms with E-state index in [4.69, 9.17) is 4.74 Å². The molecule has 0 radical (unpaired) electrons. The van der Waals surface area contributed by atoms with Crippen molar-refractivity contribution in [2.24, 2.45) is 0 Å². The molecule has 0 aliphatic heterocycles. The van der Waals surface area contributed by atoms with Crippen LogP contribution in [0.3, 0.4) is 0 Å². The SMILES string of the molecule is COC1=C(C(C)=O)C(O)=CCC1. The van der Waals surface area contributed by atoms with Crippen molar-refractivity contribution in [2.75, 3.05) is 7.11 Å². The first-order valence-corrected chi connectivity index (χ1v) is 3.84. The number of rotatable bonds is 2.